The summed E-state index contributed by atoms with van der Waals surface area (Å²) in [4.78, 5) is 27.1. The average Bonchev–Trinajstić information content (AvgIpc) is 2.76. The topological polar surface area (TPSA) is 59.0 Å². The molecule has 0 aliphatic heterocycles. The summed E-state index contributed by atoms with van der Waals surface area (Å²) in [6.45, 7) is 0.727. The minimum Gasteiger partial charge on any atom is -0.334 e. The highest BCUT2D eigenvalue weighted by molar-refractivity contribution is 7.99. The summed E-state index contributed by atoms with van der Waals surface area (Å²) in [5.41, 5.74) is 1.99. The zero-order valence-corrected chi connectivity index (χ0v) is 16.7. The number of pyridine rings is 3. The number of thioether (sulfide) groups is 1. The van der Waals surface area contributed by atoms with Crippen LogP contribution in [0.4, 0.5) is 13.2 Å². The van der Waals surface area contributed by atoms with E-state index in [9.17, 15) is 18.0 Å². The molecular weight excluding hydrogens is 413 g/mol. The smallest absolute Gasteiger partial charge is 0.334 e. The van der Waals surface area contributed by atoms with Crippen molar-refractivity contribution < 1.29 is 18.0 Å². The van der Waals surface area contributed by atoms with Crippen molar-refractivity contribution in [3.05, 3.63) is 84.1 Å². The summed E-state index contributed by atoms with van der Waals surface area (Å²) < 4.78 is 37.5. The molecule has 9 heteroatoms. The van der Waals surface area contributed by atoms with Crippen LogP contribution in [0.1, 0.15) is 21.6 Å². The first kappa shape index (κ1) is 21.8. The van der Waals surface area contributed by atoms with Crippen LogP contribution >= 0.6 is 11.8 Å². The Hall–Kier alpha value is -2.94. The number of aromatic nitrogens is 3. The van der Waals surface area contributed by atoms with Gasteiger partial charge in [0.25, 0.3) is 5.91 Å². The van der Waals surface area contributed by atoms with E-state index in [-0.39, 0.29) is 10.9 Å². The van der Waals surface area contributed by atoms with E-state index in [1.807, 2.05) is 24.3 Å². The molecule has 0 radical (unpaired) electrons. The summed E-state index contributed by atoms with van der Waals surface area (Å²) in [5.74, 6) is -1.34. The lowest BCUT2D eigenvalue weighted by molar-refractivity contribution is -0.105. The van der Waals surface area contributed by atoms with Crippen molar-refractivity contribution in [2.75, 3.05) is 12.3 Å². The second kappa shape index (κ2) is 10.2. The number of hydrogen-bond donors (Lipinski definition) is 0. The normalized spacial score (nSPS) is 11.3. The fourth-order valence-electron chi connectivity index (χ4n) is 2.72. The lowest BCUT2D eigenvalue weighted by atomic mass is 10.2. The van der Waals surface area contributed by atoms with Gasteiger partial charge in [0.1, 0.15) is 0 Å². The Kier molecular flexibility index (Phi) is 7.40. The quantitative estimate of drug-likeness (QED) is 0.494. The molecule has 0 aromatic carbocycles. The van der Waals surface area contributed by atoms with Crippen molar-refractivity contribution in [1.29, 1.82) is 0 Å². The molecule has 156 valence electrons. The van der Waals surface area contributed by atoms with Crippen LogP contribution in [0.5, 0.6) is 0 Å². The Labute approximate surface area is 176 Å². The third-order valence-corrected chi connectivity index (χ3v) is 5.10. The Morgan fingerprint density at radius 3 is 2.60 bits per heavy atom. The predicted molar refractivity (Wildman–Crippen MR) is 108 cm³/mol. The zero-order chi connectivity index (χ0) is 21.4. The Bertz CT molecular complexity index is 955. The lowest BCUT2D eigenvalue weighted by Crippen LogP contribution is -2.32. The third-order valence-electron chi connectivity index (χ3n) is 4.11. The molecule has 0 saturated heterocycles. The number of halogens is 3. The molecular formula is C21H19F3N4OS. The number of amides is 1. The Morgan fingerprint density at radius 1 is 1.03 bits per heavy atom. The van der Waals surface area contributed by atoms with Gasteiger partial charge in [-0.25, -0.2) is 4.98 Å². The van der Waals surface area contributed by atoms with Gasteiger partial charge < -0.3 is 4.90 Å². The van der Waals surface area contributed by atoms with Crippen molar-refractivity contribution >= 4 is 17.7 Å². The molecule has 0 saturated carbocycles. The molecule has 0 atom stereocenters. The van der Waals surface area contributed by atoms with Crippen LogP contribution in [-0.2, 0) is 13.0 Å². The van der Waals surface area contributed by atoms with Gasteiger partial charge in [0.05, 0.1) is 10.8 Å². The zero-order valence-electron chi connectivity index (χ0n) is 15.9. The molecule has 3 heterocycles. The van der Waals surface area contributed by atoms with Crippen LogP contribution in [0, 0.1) is 0 Å². The molecule has 1 amide bonds. The minimum atomic E-state index is -4.30. The SMILES string of the molecule is O=C(c1ccnc(SCC(F)(F)F)c1)N(CCc1ccccn1)Cc1cccnc1. The Balaban J connectivity index is 1.76. The van der Waals surface area contributed by atoms with Crippen molar-refractivity contribution in [3.8, 4) is 0 Å². The van der Waals surface area contributed by atoms with Gasteiger partial charge in [0.15, 0.2) is 0 Å². The molecule has 0 fully saturated rings. The van der Waals surface area contributed by atoms with E-state index in [0.717, 1.165) is 11.3 Å². The van der Waals surface area contributed by atoms with Gasteiger partial charge in [-0.2, -0.15) is 13.2 Å². The van der Waals surface area contributed by atoms with Crippen LogP contribution in [0.2, 0.25) is 0 Å². The molecule has 0 bridgehead atoms. The van der Waals surface area contributed by atoms with Crippen molar-refractivity contribution in [1.82, 2.24) is 19.9 Å². The van der Waals surface area contributed by atoms with Crippen molar-refractivity contribution in [3.63, 3.8) is 0 Å². The van der Waals surface area contributed by atoms with E-state index in [1.165, 1.54) is 18.3 Å². The van der Waals surface area contributed by atoms with E-state index in [1.54, 1.807) is 29.6 Å². The first-order valence-corrected chi connectivity index (χ1v) is 10.1. The molecule has 3 rings (SSSR count). The molecule has 3 aromatic rings. The molecule has 0 N–H and O–H groups in total. The highest BCUT2D eigenvalue weighted by Gasteiger charge is 2.27. The van der Waals surface area contributed by atoms with Crippen LogP contribution < -0.4 is 0 Å². The minimum absolute atomic E-state index is 0.157. The maximum Gasteiger partial charge on any atom is 0.398 e. The predicted octanol–water partition coefficient (Wildman–Crippen LogP) is 4.41. The van der Waals surface area contributed by atoms with Crippen LogP contribution in [0.15, 0.2) is 72.3 Å². The Morgan fingerprint density at radius 2 is 1.90 bits per heavy atom. The number of carbonyl (C=O) groups excluding carboxylic acids is 1. The van der Waals surface area contributed by atoms with Gasteiger partial charge >= 0.3 is 6.18 Å². The van der Waals surface area contributed by atoms with E-state index in [4.69, 9.17) is 0 Å². The van der Waals surface area contributed by atoms with Gasteiger partial charge in [-0.1, -0.05) is 23.9 Å². The molecule has 0 aliphatic rings. The third kappa shape index (κ3) is 6.84. The maximum absolute atomic E-state index is 13.1. The second-order valence-corrected chi connectivity index (χ2v) is 7.44. The molecule has 0 unspecified atom stereocenters. The van der Waals surface area contributed by atoms with E-state index in [0.29, 0.717) is 36.8 Å². The first-order valence-electron chi connectivity index (χ1n) is 9.14. The van der Waals surface area contributed by atoms with Crippen LogP contribution in [-0.4, -0.2) is 44.2 Å². The molecule has 3 aromatic heterocycles. The lowest BCUT2D eigenvalue weighted by Gasteiger charge is -2.23. The number of alkyl halides is 3. The average molecular weight is 432 g/mol. The van der Waals surface area contributed by atoms with Gasteiger partial charge in [-0.15, -0.1) is 0 Å². The molecule has 0 spiro atoms. The number of nitrogens with zero attached hydrogens (tertiary/aromatic N) is 4. The summed E-state index contributed by atoms with van der Waals surface area (Å²) in [6, 6.07) is 12.1. The first-order chi connectivity index (χ1) is 14.4. The van der Waals surface area contributed by atoms with Crippen molar-refractivity contribution in [2.45, 2.75) is 24.2 Å². The number of carbonyl (C=O) groups is 1. The molecule has 30 heavy (non-hydrogen) atoms. The molecule has 5 nitrogen and oxygen atoms in total. The summed E-state index contributed by atoms with van der Waals surface area (Å²) in [6.07, 6.45) is 2.62. The number of hydrogen-bond acceptors (Lipinski definition) is 5. The van der Waals surface area contributed by atoms with Gasteiger partial charge in [-0.05, 0) is 35.9 Å². The largest absolute Gasteiger partial charge is 0.398 e. The standard InChI is InChI=1S/C21H19F3N4OS/c22-21(23,24)15-30-19-12-17(6-10-27-19)20(29)28(14-16-4-3-8-25-13-16)11-7-18-5-1-2-9-26-18/h1-6,8-10,12-13H,7,11,14-15H2. The van der Waals surface area contributed by atoms with Crippen molar-refractivity contribution in [2.24, 2.45) is 0 Å². The van der Waals surface area contributed by atoms with E-state index < -0.39 is 11.9 Å². The van der Waals surface area contributed by atoms with Crippen LogP contribution in [0.25, 0.3) is 0 Å². The van der Waals surface area contributed by atoms with Gasteiger partial charge in [0.2, 0.25) is 0 Å². The van der Waals surface area contributed by atoms with Gasteiger partial charge in [-0.3, -0.25) is 14.8 Å². The summed E-state index contributed by atoms with van der Waals surface area (Å²) in [7, 11) is 0. The fraction of sp³-hybridized carbons (Fsp3) is 0.238. The van der Waals surface area contributed by atoms with E-state index in [2.05, 4.69) is 15.0 Å². The number of rotatable bonds is 8. The van der Waals surface area contributed by atoms with Gasteiger partial charge in [0, 0.05) is 55.6 Å². The highest BCUT2D eigenvalue weighted by atomic mass is 32.2. The summed E-state index contributed by atoms with van der Waals surface area (Å²) in [5, 5.41) is 0.157. The van der Waals surface area contributed by atoms with E-state index >= 15 is 0 Å². The second-order valence-electron chi connectivity index (χ2n) is 6.45. The maximum atomic E-state index is 13.1. The van der Waals surface area contributed by atoms with Crippen LogP contribution in [0.3, 0.4) is 0 Å². The summed E-state index contributed by atoms with van der Waals surface area (Å²) >= 11 is 0.558. The monoisotopic (exact) mass is 432 g/mol. The highest BCUT2D eigenvalue weighted by Crippen LogP contribution is 2.26. The molecule has 0 aliphatic carbocycles. The fourth-order valence-corrected chi connectivity index (χ4v) is 3.38.